The summed E-state index contributed by atoms with van der Waals surface area (Å²) in [5.41, 5.74) is 2.02. The van der Waals surface area contributed by atoms with Crippen molar-refractivity contribution in [2.75, 3.05) is 27.2 Å². The molecule has 186 valence electrons. The summed E-state index contributed by atoms with van der Waals surface area (Å²) in [6, 6.07) is 0.424. The number of nitrogens with zero attached hydrogens (tertiary/aromatic N) is 5. The van der Waals surface area contributed by atoms with Gasteiger partial charge in [0.15, 0.2) is 0 Å². The predicted octanol–water partition coefficient (Wildman–Crippen LogP) is 4.45. The molecule has 3 rings (SSSR count). The smallest absolute Gasteiger partial charge is 0.272 e. The lowest BCUT2D eigenvalue weighted by Crippen LogP contribution is -2.55. The Bertz CT molecular complexity index is 866. The average molecular weight is 467 g/mol. The molecule has 0 radical (unpaired) electrons. The molecule has 7 heteroatoms. The van der Waals surface area contributed by atoms with E-state index in [0.717, 1.165) is 56.0 Å². The van der Waals surface area contributed by atoms with Gasteiger partial charge >= 0.3 is 0 Å². The van der Waals surface area contributed by atoms with Gasteiger partial charge in [0.25, 0.3) is 5.91 Å². The highest BCUT2D eigenvalue weighted by Gasteiger charge is 2.38. The maximum Gasteiger partial charge on any atom is 0.272 e. The molecule has 0 aromatic carbocycles. The van der Waals surface area contributed by atoms with E-state index in [1.165, 1.54) is 5.01 Å². The molecular weight excluding hydrogens is 424 g/mol. The van der Waals surface area contributed by atoms with Gasteiger partial charge in [-0.2, -0.15) is 10.1 Å². The van der Waals surface area contributed by atoms with Gasteiger partial charge in [-0.05, 0) is 31.9 Å². The van der Waals surface area contributed by atoms with E-state index in [-0.39, 0.29) is 12.2 Å². The Morgan fingerprint density at radius 1 is 1.29 bits per heavy atom. The van der Waals surface area contributed by atoms with Gasteiger partial charge in [0.2, 0.25) is 6.29 Å². The molecule has 0 aromatic heterocycles. The number of hydrazone groups is 1. The highest BCUT2D eigenvalue weighted by atomic mass is 16.2. The summed E-state index contributed by atoms with van der Waals surface area (Å²) in [6.07, 6.45) is 20.3. The molecular formula is C27H42N6O. The Morgan fingerprint density at radius 2 is 2.06 bits per heavy atom. The van der Waals surface area contributed by atoms with Crippen molar-refractivity contribution in [2.45, 2.75) is 65.2 Å². The van der Waals surface area contributed by atoms with Crippen molar-refractivity contribution in [1.82, 2.24) is 20.1 Å². The lowest BCUT2D eigenvalue weighted by molar-refractivity contribution is -0.131. The van der Waals surface area contributed by atoms with E-state index in [4.69, 9.17) is 0 Å². The number of allylic oxidation sites excluding steroid dienone is 6. The van der Waals surface area contributed by atoms with E-state index in [9.17, 15) is 4.79 Å². The highest BCUT2D eigenvalue weighted by Crippen LogP contribution is 2.25. The number of rotatable bonds is 10. The number of amides is 1. The number of carbonyl (C=O) groups is 1. The van der Waals surface area contributed by atoms with E-state index in [0.29, 0.717) is 12.5 Å². The van der Waals surface area contributed by atoms with Crippen LogP contribution in [0.25, 0.3) is 0 Å². The maximum atomic E-state index is 12.8. The number of likely N-dealkylation sites (tertiary alicyclic amines) is 1. The summed E-state index contributed by atoms with van der Waals surface area (Å²) in [5, 5.41) is 9.61. The van der Waals surface area contributed by atoms with Crippen molar-refractivity contribution in [1.29, 1.82) is 0 Å². The summed E-state index contributed by atoms with van der Waals surface area (Å²) in [6.45, 7) is 11.6. The van der Waals surface area contributed by atoms with E-state index in [2.05, 4.69) is 46.0 Å². The number of carbonyl (C=O) groups excluding carboxylic acids is 1. The fourth-order valence-electron chi connectivity index (χ4n) is 4.26. The lowest BCUT2D eigenvalue weighted by atomic mass is 10.1. The van der Waals surface area contributed by atoms with Gasteiger partial charge in [-0.25, -0.2) is 0 Å². The van der Waals surface area contributed by atoms with Crippen molar-refractivity contribution in [3.8, 4) is 0 Å². The van der Waals surface area contributed by atoms with Crippen molar-refractivity contribution in [2.24, 2.45) is 10.1 Å². The second kappa shape index (κ2) is 14.4. The van der Waals surface area contributed by atoms with Crippen LogP contribution in [0, 0.1) is 0 Å². The molecule has 1 amide bonds. The third-order valence-electron chi connectivity index (χ3n) is 6.02. The zero-order valence-corrected chi connectivity index (χ0v) is 21.6. The van der Waals surface area contributed by atoms with Crippen LogP contribution in [0.2, 0.25) is 0 Å². The summed E-state index contributed by atoms with van der Waals surface area (Å²) in [4.78, 5) is 21.7. The number of nitrogens with one attached hydrogen (secondary N) is 1. The minimum absolute atomic E-state index is 0.0686. The molecule has 0 aromatic rings. The first kappa shape index (κ1) is 27.3. The minimum atomic E-state index is -0.263. The monoisotopic (exact) mass is 466 g/mol. The predicted molar refractivity (Wildman–Crippen MR) is 143 cm³/mol. The first-order valence-electron chi connectivity index (χ1n) is 12.5. The average Bonchev–Trinajstić information content (AvgIpc) is 3.42. The number of hydrogen-bond donors (Lipinski definition) is 1. The quantitative estimate of drug-likeness (QED) is 0.382. The van der Waals surface area contributed by atoms with Gasteiger partial charge in [0.1, 0.15) is 5.84 Å². The third kappa shape index (κ3) is 7.29. The molecule has 0 aliphatic carbocycles. The molecule has 2 unspecified atom stereocenters. The first-order chi connectivity index (χ1) is 16.6. The van der Waals surface area contributed by atoms with Crippen molar-refractivity contribution in [3.63, 3.8) is 0 Å². The van der Waals surface area contributed by atoms with E-state index in [1.807, 2.05) is 57.1 Å². The highest BCUT2D eigenvalue weighted by molar-refractivity contribution is 5.95. The molecule has 34 heavy (non-hydrogen) atoms. The second-order valence-corrected chi connectivity index (χ2v) is 8.25. The fraction of sp³-hybridized carbons (Fsp3) is 0.519. The SMILES string of the molecule is C=C/C=C\C(CC1CCCN1CC1=CC(=O)N2N=C(C/C=C\C=C/CC)N(C)C2N1)=NC.CC. The van der Waals surface area contributed by atoms with Crippen LogP contribution in [0.1, 0.15) is 52.9 Å². The zero-order valence-electron chi connectivity index (χ0n) is 21.6. The van der Waals surface area contributed by atoms with Crippen LogP contribution < -0.4 is 5.32 Å². The number of amidine groups is 1. The van der Waals surface area contributed by atoms with Crippen LogP contribution >= 0.6 is 0 Å². The third-order valence-corrected chi connectivity index (χ3v) is 6.02. The molecule has 1 fully saturated rings. The van der Waals surface area contributed by atoms with Crippen molar-refractivity contribution >= 4 is 17.5 Å². The van der Waals surface area contributed by atoms with Crippen molar-refractivity contribution in [3.05, 3.63) is 60.9 Å². The van der Waals surface area contributed by atoms with Crippen LogP contribution in [0.4, 0.5) is 0 Å². The Balaban J connectivity index is 0.00000199. The molecule has 3 aliphatic heterocycles. The van der Waals surface area contributed by atoms with Crippen LogP contribution in [0.5, 0.6) is 0 Å². The lowest BCUT2D eigenvalue weighted by Gasteiger charge is -2.35. The Labute approximate surface area is 206 Å². The van der Waals surface area contributed by atoms with Gasteiger partial charge in [-0.15, -0.1) is 0 Å². The Kier molecular flexibility index (Phi) is 11.5. The molecule has 1 N–H and O–H groups in total. The fourth-order valence-corrected chi connectivity index (χ4v) is 4.26. The van der Waals surface area contributed by atoms with Gasteiger partial charge in [0.05, 0.1) is 0 Å². The van der Waals surface area contributed by atoms with Crippen molar-refractivity contribution < 1.29 is 4.79 Å². The van der Waals surface area contributed by atoms with Gasteiger partial charge in [-0.3, -0.25) is 14.7 Å². The largest absolute Gasteiger partial charge is 0.349 e. The maximum absolute atomic E-state index is 12.8. The molecule has 3 aliphatic rings. The summed E-state index contributed by atoms with van der Waals surface area (Å²) < 4.78 is 0. The van der Waals surface area contributed by atoms with Gasteiger partial charge in [-0.1, -0.05) is 63.8 Å². The molecule has 3 heterocycles. The van der Waals surface area contributed by atoms with Crippen LogP contribution in [-0.2, 0) is 4.79 Å². The van der Waals surface area contributed by atoms with E-state index < -0.39 is 0 Å². The van der Waals surface area contributed by atoms with Gasteiger partial charge < -0.3 is 10.2 Å². The molecule has 0 bridgehead atoms. The van der Waals surface area contributed by atoms with E-state index >= 15 is 0 Å². The van der Waals surface area contributed by atoms with E-state index in [1.54, 1.807) is 12.2 Å². The Morgan fingerprint density at radius 3 is 2.76 bits per heavy atom. The topological polar surface area (TPSA) is 63.5 Å². The number of aliphatic imine (C=N–C) groups is 1. The molecule has 1 saturated heterocycles. The summed E-state index contributed by atoms with van der Waals surface area (Å²) in [5.74, 6) is 0.810. The minimum Gasteiger partial charge on any atom is -0.349 e. The second-order valence-electron chi connectivity index (χ2n) is 8.25. The summed E-state index contributed by atoms with van der Waals surface area (Å²) >= 11 is 0. The molecule has 0 spiro atoms. The van der Waals surface area contributed by atoms with Crippen LogP contribution in [0.15, 0.2) is 71.0 Å². The van der Waals surface area contributed by atoms with Gasteiger partial charge in [0, 0.05) is 57.0 Å². The molecule has 2 atom stereocenters. The van der Waals surface area contributed by atoms with Crippen LogP contribution in [0.3, 0.4) is 0 Å². The first-order valence-corrected chi connectivity index (χ1v) is 12.5. The number of hydrogen-bond acceptors (Lipinski definition) is 6. The summed E-state index contributed by atoms with van der Waals surface area (Å²) in [7, 11) is 3.82. The zero-order chi connectivity index (χ0) is 24.9. The Hall–Kier alpha value is -2.93. The molecule has 0 saturated carbocycles. The standard InChI is InChI=1S/C25H36N6O.C2H6/c1-5-7-9-10-11-15-23-28-31-24(32)18-21(27-25(31)29(23)4)19-30-16-12-14-22(30)17-20(26-3)13-8-6-2;1-2/h6-11,13,18,22,25,27H,2,5,12,14-17,19H2,1,3-4H3;1-2H3/b9-7-,11-10-,13-8-,26-20?;. The normalized spacial score (nSPS) is 23.3. The van der Waals surface area contributed by atoms with Crippen LogP contribution in [-0.4, -0.2) is 71.8 Å². The molecule has 7 nitrogen and oxygen atoms in total. The number of fused-ring (bicyclic) bond motifs is 1.